The zero-order chi connectivity index (χ0) is 15.7. The molecule has 10 heteroatoms. The number of aliphatic hydroxyl groups excluding tert-OH is 7. The van der Waals surface area contributed by atoms with Gasteiger partial charge in [0.15, 0.2) is 12.6 Å². The fraction of sp³-hybridized carbons (Fsp3) is 1.00. The van der Waals surface area contributed by atoms with Gasteiger partial charge in [-0.3, -0.25) is 0 Å². The van der Waals surface area contributed by atoms with Gasteiger partial charge < -0.3 is 50.0 Å². The molecule has 21 heavy (non-hydrogen) atoms. The SMILES string of the molecule is OC[C@H]1OC(OC2O[C@H](CO)[C@H](O)[C@H]2O)[C@H](O)[C@@H](O)[C@@H]1O. The summed E-state index contributed by atoms with van der Waals surface area (Å²) in [6.07, 6.45) is -12.8. The molecule has 2 fully saturated rings. The summed E-state index contributed by atoms with van der Waals surface area (Å²) in [4.78, 5) is 0. The molecule has 2 aliphatic rings. The molecule has 2 saturated heterocycles. The van der Waals surface area contributed by atoms with Gasteiger partial charge >= 0.3 is 0 Å². The first-order valence-electron chi connectivity index (χ1n) is 6.49. The summed E-state index contributed by atoms with van der Waals surface area (Å²) in [5.74, 6) is 0. The van der Waals surface area contributed by atoms with E-state index in [-0.39, 0.29) is 0 Å². The zero-order valence-electron chi connectivity index (χ0n) is 11.0. The predicted molar refractivity (Wildman–Crippen MR) is 62.6 cm³/mol. The van der Waals surface area contributed by atoms with Gasteiger partial charge in [-0.05, 0) is 0 Å². The van der Waals surface area contributed by atoms with Gasteiger partial charge in [-0.1, -0.05) is 0 Å². The normalized spacial score (nSPS) is 51.3. The van der Waals surface area contributed by atoms with Crippen molar-refractivity contribution in [1.82, 2.24) is 0 Å². The molecule has 2 aliphatic heterocycles. The van der Waals surface area contributed by atoms with Crippen LogP contribution in [0.5, 0.6) is 0 Å². The summed E-state index contributed by atoms with van der Waals surface area (Å²) >= 11 is 0. The molecule has 0 bridgehead atoms. The Labute approximate surface area is 119 Å². The Balaban J connectivity index is 2.01. The lowest BCUT2D eigenvalue weighted by molar-refractivity contribution is -0.341. The third-order valence-electron chi connectivity index (χ3n) is 3.62. The molecule has 0 saturated carbocycles. The van der Waals surface area contributed by atoms with Crippen molar-refractivity contribution >= 4 is 0 Å². The third-order valence-corrected chi connectivity index (χ3v) is 3.62. The molecule has 10 nitrogen and oxygen atoms in total. The van der Waals surface area contributed by atoms with E-state index in [0.717, 1.165) is 0 Å². The second-order valence-corrected chi connectivity index (χ2v) is 5.04. The summed E-state index contributed by atoms with van der Waals surface area (Å²) in [5, 5.41) is 66.2. The molecule has 2 heterocycles. The highest BCUT2D eigenvalue weighted by molar-refractivity contribution is 4.91. The van der Waals surface area contributed by atoms with Crippen LogP contribution in [0.2, 0.25) is 0 Å². The maximum absolute atomic E-state index is 9.77. The Kier molecular flexibility index (Phi) is 5.48. The maximum Gasteiger partial charge on any atom is 0.189 e. The highest BCUT2D eigenvalue weighted by Gasteiger charge is 2.49. The van der Waals surface area contributed by atoms with Crippen molar-refractivity contribution in [3.8, 4) is 0 Å². The Hall–Kier alpha value is -0.400. The van der Waals surface area contributed by atoms with Crippen LogP contribution in [0.15, 0.2) is 0 Å². The number of hydrogen-bond acceptors (Lipinski definition) is 10. The van der Waals surface area contributed by atoms with E-state index in [1.54, 1.807) is 0 Å². The minimum Gasteiger partial charge on any atom is -0.394 e. The van der Waals surface area contributed by atoms with E-state index in [1.165, 1.54) is 0 Å². The largest absolute Gasteiger partial charge is 0.394 e. The Bertz CT molecular complexity index is 339. The van der Waals surface area contributed by atoms with Crippen LogP contribution in [-0.2, 0) is 14.2 Å². The van der Waals surface area contributed by atoms with Crippen LogP contribution in [0.4, 0.5) is 0 Å². The summed E-state index contributed by atoms with van der Waals surface area (Å²) < 4.78 is 15.3. The van der Waals surface area contributed by atoms with Gasteiger partial charge in [-0.15, -0.1) is 0 Å². The maximum atomic E-state index is 9.77. The lowest BCUT2D eigenvalue weighted by Gasteiger charge is -2.40. The molecule has 0 radical (unpaired) electrons. The van der Waals surface area contributed by atoms with Gasteiger partial charge in [-0.25, -0.2) is 0 Å². The lowest BCUT2D eigenvalue weighted by Crippen LogP contribution is -2.60. The molecular formula is C11H20O10. The van der Waals surface area contributed by atoms with Gasteiger partial charge in [-0.2, -0.15) is 0 Å². The van der Waals surface area contributed by atoms with Crippen LogP contribution in [0, 0.1) is 0 Å². The monoisotopic (exact) mass is 312 g/mol. The molecule has 124 valence electrons. The van der Waals surface area contributed by atoms with Gasteiger partial charge in [0.2, 0.25) is 0 Å². The second kappa shape index (κ2) is 6.79. The van der Waals surface area contributed by atoms with Crippen LogP contribution in [0.3, 0.4) is 0 Å². The molecular weight excluding hydrogens is 292 g/mol. The second-order valence-electron chi connectivity index (χ2n) is 5.04. The van der Waals surface area contributed by atoms with Crippen molar-refractivity contribution in [3.05, 3.63) is 0 Å². The van der Waals surface area contributed by atoms with Crippen LogP contribution in [-0.4, -0.2) is 104 Å². The quantitative estimate of drug-likeness (QED) is 0.267. The van der Waals surface area contributed by atoms with Crippen LogP contribution in [0.25, 0.3) is 0 Å². The first-order chi connectivity index (χ1) is 9.90. The highest BCUT2D eigenvalue weighted by Crippen LogP contribution is 2.28. The number of hydrogen-bond donors (Lipinski definition) is 7. The van der Waals surface area contributed by atoms with Crippen molar-refractivity contribution in [2.45, 2.75) is 55.3 Å². The molecule has 0 amide bonds. The smallest absolute Gasteiger partial charge is 0.189 e. The van der Waals surface area contributed by atoms with Gasteiger partial charge in [0.05, 0.1) is 13.2 Å². The fourth-order valence-corrected chi connectivity index (χ4v) is 2.29. The Morgan fingerprint density at radius 3 is 1.43 bits per heavy atom. The van der Waals surface area contributed by atoms with E-state index in [2.05, 4.69) is 0 Å². The molecule has 0 aromatic heterocycles. The molecule has 0 aromatic carbocycles. The molecule has 9 atom stereocenters. The van der Waals surface area contributed by atoms with E-state index < -0.39 is 68.5 Å². The molecule has 7 N–H and O–H groups in total. The Morgan fingerprint density at radius 2 is 1.00 bits per heavy atom. The molecule has 0 aromatic rings. The van der Waals surface area contributed by atoms with Crippen molar-refractivity contribution in [1.29, 1.82) is 0 Å². The first kappa shape index (κ1) is 17.0. The van der Waals surface area contributed by atoms with Gasteiger partial charge in [0, 0.05) is 0 Å². The van der Waals surface area contributed by atoms with E-state index in [4.69, 9.17) is 24.4 Å². The minimum atomic E-state index is -1.65. The third kappa shape index (κ3) is 3.19. The van der Waals surface area contributed by atoms with Crippen LogP contribution in [0.1, 0.15) is 0 Å². The van der Waals surface area contributed by atoms with Crippen molar-refractivity contribution < 1.29 is 50.0 Å². The van der Waals surface area contributed by atoms with Crippen molar-refractivity contribution in [2.75, 3.05) is 13.2 Å². The zero-order valence-corrected chi connectivity index (χ0v) is 11.0. The van der Waals surface area contributed by atoms with E-state index in [0.29, 0.717) is 0 Å². The van der Waals surface area contributed by atoms with Crippen molar-refractivity contribution in [2.24, 2.45) is 0 Å². The number of aliphatic hydroxyl groups is 7. The summed E-state index contributed by atoms with van der Waals surface area (Å²) in [6.45, 7) is -1.17. The molecule has 0 spiro atoms. The average molecular weight is 312 g/mol. The van der Waals surface area contributed by atoms with Crippen LogP contribution < -0.4 is 0 Å². The Morgan fingerprint density at radius 1 is 0.619 bits per heavy atom. The molecule has 0 aliphatic carbocycles. The minimum absolute atomic E-state index is 0.549. The topological polar surface area (TPSA) is 169 Å². The van der Waals surface area contributed by atoms with E-state index in [9.17, 15) is 25.5 Å². The number of ether oxygens (including phenoxy) is 3. The van der Waals surface area contributed by atoms with Crippen LogP contribution >= 0.6 is 0 Å². The fourth-order valence-electron chi connectivity index (χ4n) is 2.29. The highest BCUT2D eigenvalue weighted by atomic mass is 16.8. The van der Waals surface area contributed by atoms with Gasteiger partial charge in [0.1, 0.15) is 42.7 Å². The summed E-state index contributed by atoms with van der Waals surface area (Å²) in [6, 6.07) is 0. The van der Waals surface area contributed by atoms with E-state index in [1.807, 2.05) is 0 Å². The first-order valence-corrected chi connectivity index (χ1v) is 6.49. The van der Waals surface area contributed by atoms with Crippen molar-refractivity contribution in [3.63, 3.8) is 0 Å². The summed E-state index contributed by atoms with van der Waals surface area (Å²) in [7, 11) is 0. The average Bonchev–Trinajstić information content (AvgIpc) is 2.75. The van der Waals surface area contributed by atoms with Gasteiger partial charge in [0.25, 0.3) is 0 Å². The lowest BCUT2D eigenvalue weighted by atomic mass is 9.99. The predicted octanol–water partition coefficient (Wildman–Crippen LogP) is -4.76. The summed E-state index contributed by atoms with van der Waals surface area (Å²) in [5.41, 5.74) is 0. The number of rotatable bonds is 4. The molecule has 2 unspecified atom stereocenters. The standard InChI is InChI=1S/C11H20O10/c12-1-3-5(14)7(16)9(18)11(19-3)21-10-8(17)6(15)4(2-13)20-10/h3-18H,1-2H2/t3-,4-,5-,6+,7+,8-,9-,10?,11?/m1/s1. The molecule has 2 rings (SSSR count). The van der Waals surface area contributed by atoms with E-state index >= 15 is 0 Å².